The van der Waals surface area contributed by atoms with Crippen LogP contribution in [0.2, 0.25) is 0 Å². The van der Waals surface area contributed by atoms with E-state index < -0.39 is 0 Å². The van der Waals surface area contributed by atoms with E-state index in [1.54, 1.807) is 11.3 Å². The summed E-state index contributed by atoms with van der Waals surface area (Å²) in [5.41, 5.74) is 0.673. The molecule has 1 aromatic heterocycles. The summed E-state index contributed by atoms with van der Waals surface area (Å²) in [6.45, 7) is 11.0. The Balaban J connectivity index is 1.91. The highest BCUT2D eigenvalue weighted by Crippen LogP contribution is 2.20. The summed E-state index contributed by atoms with van der Waals surface area (Å²) in [6.07, 6.45) is 0.483. The molecule has 1 fully saturated rings. The van der Waals surface area contributed by atoms with Gasteiger partial charge in [0.1, 0.15) is 0 Å². The van der Waals surface area contributed by atoms with Crippen LogP contribution >= 0.6 is 11.3 Å². The molecular formula is C15H24N2O2S. The van der Waals surface area contributed by atoms with Crippen LogP contribution in [-0.4, -0.2) is 48.2 Å². The molecule has 0 aliphatic carbocycles. The molecule has 1 aromatic rings. The predicted molar refractivity (Wildman–Crippen MR) is 82.3 cm³/mol. The number of morpholine rings is 1. The zero-order chi connectivity index (χ0) is 14.8. The van der Waals surface area contributed by atoms with E-state index >= 15 is 0 Å². The average molecular weight is 296 g/mol. The second-order valence-electron chi connectivity index (χ2n) is 6.17. The molecule has 2 heterocycles. The van der Waals surface area contributed by atoms with Gasteiger partial charge in [0.25, 0.3) is 5.91 Å². The van der Waals surface area contributed by atoms with Crippen LogP contribution in [-0.2, 0) is 4.74 Å². The first kappa shape index (κ1) is 15.5. The number of amides is 1. The van der Waals surface area contributed by atoms with E-state index in [4.69, 9.17) is 4.74 Å². The van der Waals surface area contributed by atoms with E-state index in [0.717, 1.165) is 18.7 Å². The highest BCUT2D eigenvalue weighted by Gasteiger charge is 2.33. The van der Waals surface area contributed by atoms with Crippen molar-refractivity contribution in [3.63, 3.8) is 0 Å². The van der Waals surface area contributed by atoms with E-state index in [0.29, 0.717) is 6.54 Å². The zero-order valence-electron chi connectivity index (χ0n) is 12.7. The Morgan fingerprint density at radius 1 is 1.45 bits per heavy atom. The number of nitrogens with one attached hydrogen (secondary N) is 1. The third-order valence-corrected chi connectivity index (χ3v) is 4.42. The summed E-state index contributed by atoms with van der Waals surface area (Å²) in [4.78, 5) is 14.4. The SMILES string of the molecule is CC1CN(C(C)(C)CNC(=O)c2ccsc2)CC(C)O1. The molecule has 0 saturated carbocycles. The van der Waals surface area contributed by atoms with Gasteiger partial charge in [0.15, 0.2) is 0 Å². The van der Waals surface area contributed by atoms with Crippen LogP contribution in [0.4, 0.5) is 0 Å². The minimum atomic E-state index is -0.0714. The molecule has 4 nitrogen and oxygen atoms in total. The van der Waals surface area contributed by atoms with E-state index in [-0.39, 0.29) is 23.7 Å². The summed E-state index contributed by atoms with van der Waals surface area (Å²) in [6, 6.07) is 1.85. The van der Waals surface area contributed by atoms with Gasteiger partial charge in [-0.25, -0.2) is 0 Å². The summed E-state index contributed by atoms with van der Waals surface area (Å²) >= 11 is 1.54. The van der Waals surface area contributed by atoms with Crippen molar-refractivity contribution in [2.75, 3.05) is 19.6 Å². The van der Waals surface area contributed by atoms with Crippen molar-refractivity contribution in [3.8, 4) is 0 Å². The van der Waals surface area contributed by atoms with Crippen LogP contribution in [0.15, 0.2) is 16.8 Å². The standard InChI is InChI=1S/C15H24N2O2S/c1-11-7-17(8-12(2)19-11)15(3,4)10-16-14(18)13-5-6-20-9-13/h5-6,9,11-12H,7-8,10H2,1-4H3,(H,16,18). The molecule has 1 aliphatic rings. The van der Waals surface area contributed by atoms with Crippen molar-refractivity contribution in [3.05, 3.63) is 22.4 Å². The number of rotatable bonds is 4. The number of carbonyl (C=O) groups is 1. The summed E-state index contributed by atoms with van der Waals surface area (Å²) in [5.74, 6) is 0.00804. The Bertz CT molecular complexity index is 435. The highest BCUT2D eigenvalue weighted by atomic mass is 32.1. The Hall–Kier alpha value is -0.910. The van der Waals surface area contributed by atoms with Gasteiger partial charge in [-0.05, 0) is 39.1 Å². The maximum absolute atomic E-state index is 12.0. The van der Waals surface area contributed by atoms with Crippen molar-refractivity contribution >= 4 is 17.2 Å². The molecule has 2 unspecified atom stereocenters. The second kappa shape index (κ2) is 6.24. The van der Waals surface area contributed by atoms with Gasteiger partial charge in [0.2, 0.25) is 0 Å². The monoisotopic (exact) mass is 296 g/mol. The Kier molecular flexibility index (Phi) is 4.83. The molecule has 112 valence electrons. The topological polar surface area (TPSA) is 41.6 Å². The second-order valence-corrected chi connectivity index (χ2v) is 6.95. The average Bonchev–Trinajstić information content (AvgIpc) is 2.88. The smallest absolute Gasteiger partial charge is 0.252 e. The molecule has 1 amide bonds. The fraction of sp³-hybridized carbons (Fsp3) is 0.667. The molecule has 0 bridgehead atoms. The summed E-state index contributed by atoms with van der Waals surface area (Å²) < 4.78 is 5.77. The van der Waals surface area contributed by atoms with Crippen molar-refractivity contribution in [1.82, 2.24) is 10.2 Å². The largest absolute Gasteiger partial charge is 0.373 e. The molecular weight excluding hydrogens is 272 g/mol. The third-order valence-electron chi connectivity index (χ3n) is 3.74. The Labute approximate surface area is 125 Å². The van der Waals surface area contributed by atoms with Gasteiger partial charge in [0.05, 0.1) is 12.2 Å². The molecule has 2 atom stereocenters. The number of thiophene rings is 1. The quantitative estimate of drug-likeness (QED) is 0.927. The number of nitrogens with zero attached hydrogens (tertiary/aromatic N) is 1. The molecule has 20 heavy (non-hydrogen) atoms. The first-order valence-electron chi connectivity index (χ1n) is 7.09. The molecule has 0 aromatic carbocycles. The molecule has 0 radical (unpaired) electrons. The lowest BCUT2D eigenvalue weighted by molar-refractivity contribution is -0.0948. The predicted octanol–water partition coefficient (Wildman–Crippen LogP) is 2.37. The van der Waals surface area contributed by atoms with Crippen molar-refractivity contribution in [1.29, 1.82) is 0 Å². The third kappa shape index (κ3) is 3.81. The number of ether oxygens (including phenoxy) is 1. The fourth-order valence-electron chi connectivity index (χ4n) is 2.58. The first-order chi connectivity index (χ1) is 9.38. The lowest BCUT2D eigenvalue weighted by Crippen LogP contribution is -2.58. The van der Waals surface area contributed by atoms with Gasteiger partial charge in [-0.3, -0.25) is 9.69 Å². The fourth-order valence-corrected chi connectivity index (χ4v) is 3.21. The lowest BCUT2D eigenvalue weighted by atomic mass is 10.00. The van der Waals surface area contributed by atoms with Crippen LogP contribution in [0, 0.1) is 0 Å². The maximum atomic E-state index is 12.0. The van der Waals surface area contributed by atoms with Crippen LogP contribution in [0.3, 0.4) is 0 Å². The van der Waals surface area contributed by atoms with Gasteiger partial charge in [0, 0.05) is 36.1 Å². The Morgan fingerprint density at radius 3 is 2.65 bits per heavy atom. The van der Waals surface area contributed by atoms with E-state index in [2.05, 4.69) is 37.9 Å². The zero-order valence-corrected chi connectivity index (χ0v) is 13.5. The first-order valence-corrected chi connectivity index (χ1v) is 8.03. The highest BCUT2D eigenvalue weighted by molar-refractivity contribution is 7.08. The molecule has 0 spiro atoms. The van der Waals surface area contributed by atoms with Crippen LogP contribution in [0.5, 0.6) is 0 Å². The lowest BCUT2D eigenvalue weighted by Gasteiger charge is -2.45. The molecule has 1 aliphatic heterocycles. The van der Waals surface area contributed by atoms with Crippen LogP contribution in [0.1, 0.15) is 38.1 Å². The normalized spacial score (nSPS) is 24.6. The van der Waals surface area contributed by atoms with Crippen molar-refractivity contribution in [2.45, 2.75) is 45.4 Å². The number of hydrogen-bond donors (Lipinski definition) is 1. The minimum absolute atomic E-state index is 0.00804. The van der Waals surface area contributed by atoms with Gasteiger partial charge in [-0.1, -0.05) is 0 Å². The van der Waals surface area contributed by atoms with Gasteiger partial charge in [-0.2, -0.15) is 11.3 Å². The van der Waals surface area contributed by atoms with Crippen molar-refractivity contribution < 1.29 is 9.53 Å². The minimum Gasteiger partial charge on any atom is -0.373 e. The van der Waals surface area contributed by atoms with Gasteiger partial charge in [-0.15, -0.1) is 0 Å². The molecule has 1 N–H and O–H groups in total. The van der Waals surface area contributed by atoms with E-state index in [1.165, 1.54) is 0 Å². The molecule has 5 heteroatoms. The van der Waals surface area contributed by atoms with Gasteiger partial charge >= 0.3 is 0 Å². The maximum Gasteiger partial charge on any atom is 0.252 e. The van der Waals surface area contributed by atoms with E-state index in [9.17, 15) is 4.79 Å². The van der Waals surface area contributed by atoms with E-state index in [1.807, 2.05) is 16.8 Å². The van der Waals surface area contributed by atoms with Crippen LogP contribution < -0.4 is 5.32 Å². The molecule has 2 rings (SSSR count). The molecule has 1 saturated heterocycles. The Morgan fingerprint density at radius 2 is 2.10 bits per heavy atom. The summed E-state index contributed by atoms with van der Waals surface area (Å²) in [7, 11) is 0. The number of carbonyl (C=O) groups excluding carboxylic acids is 1. The number of hydrogen-bond acceptors (Lipinski definition) is 4. The van der Waals surface area contributed by atoms with Crippen LogP contribution in [0.25, 0.3) is 0 Å². The summed E-state index contributed by atoms with van der Waals surface area (Å²) in [5, 5.41) is 6.84. The van der Waals surface area contributed by atoms with Gasteiger partial charge < -0.3 is 10.1 Å². The van der Waals surface area contributed by atoms with Crippen molar-refractivity contribution in [2.24, 2.45) is 0 Å².